The van der Waals surface area contributed by atoms with E-state index in [0.29, 0.717) is 6.04 Å². The van der Waals surface area contributed by atoms with E-state index in [1.807, 2.05) is 0 Å². The summed E-state index contributed by atoms with van der Waals surface area (Å²) >= 11 is 0. The average Bonchev–Trinajstić information content (AvgIpc) is 2.06. The van der Waals surface area contributed by atoms with E-state index < -0.39 is 0 Å². The molecular weight excluding hydrogens is 267 g/mol. The van der Waals surface area contributed by atoms with E-state index in [4.69, 9.17) is 5.73 Å². The van der Waals surface area contributed by atoms with Gasteiger partial charge in [-0.15, -0.1) is 24.0 Å². The minimum atomic E-state index is 0. The third kappa shape index (κ3) is 3.14. The monoisotopic (exact) mass is 284 g/mol. The van der Waals surface area contributed by atoms with Gasteiger partial charge in [0.1, 0.15) is 6.34 Å². The first-order valence-electron chi connectivity index (χ1n) is 4.10. The lowest BCUT2D eigenvalue weighted by Gasteiger charge is -2.32. The highest BCUT2D eigenvalue weighted by molar-refractivity contribution is 14.0. The lowest BCUT2D eigenvalue weighted by Crippen LogP contribution is -2.48. The molecule has 3 N–H and O–H groups in total. The number of rotatable bonds is 2. The smallest absolute Gasteiger partial charge is 0.106 e. The summed E-state index contributed by atoms with van der Waals surface area (Å²) in [6, 6.07) is 0.517. The summed E-state index contributed by atoms with van der Waals surface area (Å²) in [6.07, 6.45) is 2.48. The van der Waals surface area contributed by atoms with Crippen molar-refractivity contribution in [3.8, 4) is 0 Å². The quantitative estimate of drug-likeness (QED) is 0.432. The lowest BCUT2D eigenvalue weighted by atomic mass is 10.2. The molecule has 0 aromatic heterocycles. The van der Waals surface area contributed by atoms with Crippen molar-refractivity contribution in [2.75, 3.05) is 19.6 Å². The number of nitrogens with two attached hydrogens (primary N) is 1. The highest BCUT2D eigenvalue weighted by Gasteiger charge is 2.17. The SMILES string of the molecule is CCC1CNCCN1N=CN.I. The molecule has 0 aromatic rings. The van der Waals surface area contributed by atoms with E-state index in [2.05, 4.69) is 22.4 Å². The van der Waals surface area contributed by atoms with Gasteiger partial charge in [0.25, 0.3) is 0 Å². The molecule has 0 bridgehead atoms. The Morgan fingerprint density at radius 3 is 3.08 bits per heavy atom. The minimum absolute atomic E-state index is 0. The second-order valence-corrected chi connectivity index (χ2v) is 2.69. The molecule has 1 aliphatic heterocycles. The standard InChI is InChI=1S/C7H16N4.HI/c1-2-7-5-9-3-4-11(7)10-6-8;/h6-7,9H,2-5H2,1H3,(H2,8,10);1H. The summed E-state index contributed by atoms with van der Waals surface area (Å²) < 4.78 is 0. The maximum absolute atomic E-state index is 5.22. The largest absolute Gasteiger partial charge is 0.388 e. The van der Waals surface area contributed by atoms with Crippen LogP contribution in [0.2, 0.25) is 0 Å². The first-order valence-corrected chi connectivity index (χ1v) is 4.10. The van der Waals surface area contributed by atoms with Crippen LogP contribution in [0, 0.1) is 0 Å². The fraction of sp³-hybridized carbons (Fsp3) is 0.857. The van der Waals surface area contributed by atoms with Crippen LogP contribution in [0.25, 0.3) is 0 Å². The van der Waals surface area contributed by atoms with Crippen molar-refractivity contribution in [3.05, 3.63) is 0 Å². The van der Waals surface area contributed by atoms with Gasteiger partial charge in [0.2, 0.25) is 0 Å². The molecule has 4 nitrogen and oxygen atoms in total. The van der Waals surface area contributed by atoms with Crippen molar-refractivity contribution in [3.63, 3.8) is 0 Å². The van der Waals surface area contributed by atoms with Crippen LogP contribution in [-0.4, -0.2) is 37.0 Å². The Kier molecular flexibility index (Phi) is 6.45. The van der Waals surface area contributed by atoms with E-state index in [-0.39, 0.29) is 24.0 Å². The normalized spacial score (nSPS) is 24.1. The summed E-state index contributed by atoms with van der Waals surface area (Å²) in [5.74, 6) is 0. The van der Waals surface area contributed by atoms with Crippen LogP contribution < -0.4 is 11.1 Å². The van der Waals surface area contributed by atoms with Gasteiger partial charge in [-0.2, -0.15) is 5.10 Å². The predicted molar refractivity (Wildman–Crippen MR) is 61.7 cm³/mol. The maximum atomic E-state index is 5.22. The number of nitrogens with one attached hydrogen (secondary N) is 1. The fourth-order valence-electron chi connectivity index (χ4n) is 1.34. The van der Waals surface area contributed by atoms with Gasteiger partial charge < -0.3 is 11.1 Å². The Balaban J connectivity index is 0.00000121. The van der Waals surface area contributed by atoms with Crippen molar-refractivity contribution in [1.82, 2.24) is 10.3 Å². The van der Waals surface area contributed by atoms with Gasteiger partial charge in [-0.1, -0.05) is 6.92 Å². The Morgan fingerprint density at radius 1 is 1.75 bits per heavy atom. The lowest BCUT2D eigenvalue weighted by molar-refractivity contribution is 0.164. The molecule has 5 heteroatoms. The van der Waals surface area contributed by atoms with Crippen LogP contribution in [0.3, 0.4) is 0 Å². The molecule has 72 valence electrons. The molecule has 0 aliphatic carbocycles. The Hall–Kier alpha value is -0.0400. The van der Waals surface area contributed by atoms with Crippen LogP contribution in [0.4, 0.5) is 0 Å². The molecule has 0 radical (unpaired) electrons. The van der Waals surface area contributed by atoms with Crippen LogP contribution in [0.15, 0.2) is 5.10 Å². The second-order valence-electron chi connectivity index (χ2n) is 2.69. The second kappa shape index (κ2) is 6.47. The van der Waals surface area contributed by atoms with Crippen LogP contribution >= 0.6 is 24.0 Å². The molecule has 1 unspecified atom stereocenters. The van der Waals surface area contributed by atoms with Gasteiger partial charge in [0, 0.05) is 19.6 Å². The van der Waals surface area contributed by atoms with E-state index in [9.17, 15) is 0 Å². The molecule has 1 rings (SSSR count). The number of piperazine rings is 1. The van der Waals surface area contributed by atoms with Crippen molar-refractivity contribution in [1.29, 1.82) is 0 Å². The van der Waals surface area contributed by atoms with Gasteiger partial charge >= 0.3 is 0 Å². The first kappa shape index (κ1) is 12.0. The molecule has 1 atom stereocenters. The van der Waals surface area contributed by atoms with Gasteiger partial charge in [-0.25, -0.2) is 0 Å². The van der Waals surface area contributed by atoms with Crippen molar-refractivity contribution in [2.24, 2.45) is 10.8 Å². The number of hydrogen-bond acceptors (Lipinski definition) is 3. The minimum Gasteiger partial charge on any atom is -0.388 e. The van der Waals surface area contributed by atoms with Crippen LogP contribution in [-0.2, 0) is 0 Å². The van der Waals surface area contributed by atoms with Crippen molar-refractivity contribution >= 4 is 30.3 Å². The number of nitrogens with zero attached hydrogens (tertiary/aromatic N) is 2. The van der Waals surface area contributed by atoms with Crippen LogP contribution in [0.1, 0.15) is 13.3 Å². The number of halogens is 1. The highest BCUT2D eigenvalue weighted by atomic mass is 127. The average molecular weight is 284 g/mol. The summed E-state index contributed by atoms with van der Waals surface area (Å²) in [5, 5.41) is 9.45. The summed E-state index contributed by atoms with van der Waals surface area (Å²) in [7, 11) is 0. The molecular formula is C7H17IN4. The number of hydrogen-bond donors (Lipinski definition) is 2. The molecule has 1 aliphatic rings. The topological polar surface area (TPSA) is 53.6 Å². The third-order valence-corrected chi connectivity index (χ3v) is 2.01. The van der Waals surface area contributed by atoms with E-state index in [1.165, 1.54) is 6.34 Å². The molecule has 1 fully saturated rings. The van der Waals surface area contributed by atoms with E-state index in [0.717, 1.165) is 26.1 Å². The molecule has 0 aromatic carbocycles. The van der Waals surface area contributed by atoms with Crippen molar-refractivity contribution in [2.45, 2.75) is 19.4 Å². The zero-order valence-electron chi connectivity index (χ0n) is 7.36. The number of hydrazone groups is 1. The van der Waals surface area contributed by atoms with Crippen LogP contribution in [0.5, 0.6) is 0 Å². The van der Waals surface area contributed by atoms with Crippen molar-refractivity contribution < 1.29 is 0 Å². The van der Waals surface area contributed by atoms with Gasteiger partial charge in [-0.3, -0.25) is 5.01 Å². The molecule has 1 saturated heterocycles. The molecule has 0 spiro atoms. The highest BCUT2D eigenvalue weighted by Crippen LogP contribution is 2.05. The van der Waals surface area contributed by atoms with Gasteiger partial charge in [0.05, 0.1) is 6.04 Å². The Morgan fingerprint density at radius 2 is 2.50 bits per heavy atom. The zero-order valence-corrected chi connectivity index (χ0v) is 9.69. The summed E-state index contributed by atoms with van der Waals surface area (Å²) in [5.41, 5.74) is 5.22. The van der Waals surface area contributed by atoms with Gasteiger partial charge in [-0.05, 0) is 6.42 Å². The third-order valence-electron chi connectivity index (χ3n) is 2.01. The first-order chi connectivity index (χ1) is 5.38. The van der Waals surface area contributed by atoms with E-state index >= 15 is 0 Å². The summed E-state index contributed by atoms with van der Waals surface area (Å²) in [6.45, 7) is 5.16. The molecule has 12 heavy (non-hydrogen) atoms. The molecule has 0 amide bonds. The summed E-state index contributed by atoms with van der Waals surface area (Å²) in [4.78, 5) is 0. The Bertz CT molecular complexity index is 139. The zero-order chi connectivity index (χ0) is 8.10. The molecule has 0 saturated carbocycles. The Labute approximate surface area is 90.6 Å². The fourth-order valence-corrected chi connectivity index (χ4v) is 1.34. The van der Waals surface area contributed by atoms with E-state index in [1.54, 1.807) is 0 Å². The molecule has 1 heterocycles. The van der Waals surface area contributed by atoms with Gasteiger partial charge in [0.15, 0.2) is 0 Å². The predicted octanol–water partition coefficient (Wildman–Crippen LogP) is 0.190. The maximum Gasteiger partial charge on any atom is 0.106 e.